The van der Waals surface area contributed by atoms with Gasteiger partial charge in [0.1, 0.15) is 10.9 Å². The van der Waals surface area contributed by atoms with Crippen molar-refractivity contribution >= 4 is 39.4 Å². The molecule has 0 radical (unpaired) electrons. The molecule has 7 nitrogen and oxygen atoms in total. The quantitative estimate of drug-likeness (QED) is 0.263. The molecule has 5 aromatic rings. The third-order valence-corrected chi connectivity index (χ3v) is 5.82. The van der Waals surface area contributed by atoms with Gasteiger partial charge in [-0.1, -0.05) is 68.1 Å². The molecule has 0 saturated carbocycles. The molecule has 0 aliphatic rings. The number of aryl methyl sites for hydroxylation is 2. The van der Waals surface area contributed by atoms with Crippen molar-refractivity contribution in [2.75, 3.05) is 0 Å². The molecule has 0 unspecified atom stereocenters. The molecule has 2 aromatic carbocycles. The number of hydrogen-bond donors (Lipinski definition) is 0. The molecule has 0 spiro atoms. The van der Waals surface area contributed by atoms with Gasteiger partial charge in [0.05, 0.1) is 23.6 Å². The van der Waals surface area contributed by atoms with Crippen LogP contribution in [0.4, 0.5) is 0 Å². The topological polar surface area (TPSA) is 78.0 Å². The van der Waals surface area contributed by atoms with Crippen LogP contribution in [-0.4, -0.2) is 30.4 Å². The lowest BCUT2D eigenvalue weighted by Crippen LogP contribution is -2.20. The van der Waals surface area contributed by atoms with Gasteiger partial charge in [0.15, 0.2) is 11.3 Å². The van der Waals surface area contributed by atoms with Gasteiger partial charge < -0.3 is 0 Å². The van der Waals surface area contributed by atoms with Gasteiger partial charge in [-0.2, -0.15) is 9.78 Å². The number of unbranched alkanes of at least 4 members (excludes halogenated alkanes) is 3. The van der Waals surface area contributed by atoms with E-state index in [2.05, 4.69) is 23.1 Å². The SMILES string of the molecule is CCCCCCn1cnc2c(c1=O)c1nc3ccccc3nc1n2N=Cc1cccc(C)c1. The molecular weight excluding hydrogens is 412 g/mol. The predicted molar refractivity (Wildman–Crippen MR) is 133 cm³/mol. The molecule has 3 aromatic heterocycles. The van der Waals surface area contributed by atoms with Gasteiger partial charge in [0.2, 0.25) is 0 Å². The van der Waals surface area contributed by atoms with Crippen molar-refractivity contribution in [1.29, 1.82) is 0 Å². The predicted octanol–water partition coefficient (Wildman–Crippen LogP) is 5.07. The average molecular weight is 439 g/mol. The zero-order valence-electron chi connectivity index (χ0n) is 18.9. The summed E-state index contributed by atoms with van der Waals surface area (Å²) in [4.78, 5) is 27.7. The lowest BCUT2D eigenvalue weighted by atomic mass is 10.2. The second-order valence-corrected chi connectivity index (χ2v) is 8.36. The van der Waals surface area contributed by atoms with Crippen LogP contribution in [0.1, 0.15) is 43.7 Å². The van der Waals surface area contributed by atoms with E-state index in [0.29, 0.717) is 28.7 Å². The number of benzene rings is 2. The van der Waals surface area contributed by atoms with Gasteiger partial charge in [0, 0.05) is 6.54 Å². The highest BCUT2D eigenvalue weighted by Crippen LogP contribution is 2.25. The summed E-state index contributed by atoms with van der Waals surface area (Å²) in [7, 11) is 0. The van der Waals surface area contributed by atoms with Gasteiger partial charge in [-0.05, 0) is 31.0 Å². The molecule has 5 rings (SSSR count). The maximum atomic E-state index is 13.5. The molecular formula is C26H26N6O. The molecule has 0 atom stereocenters. The average Bonchev–Trinajstić information content (AvgIpc) is 3.13. The summed E-state index contributed by atoms with van der Waals surface area (Å²) in [5.74, 6) is 0. The van der Waals surface area contributed by atoms with Crippen LogP contribution in [0.25, 0.3) is 33.2 Å². The van der Waals surface area contributed by atoms with Crippen molar-refractivity contribution in [3.63, 3.8) is 0 Å². The Morgan fingerprint density at radius 2 is 1.79 bits per heavy atom. The van der Waals surface area contributed by atoms with E-state index in [1.54, 1.807) is 21.8 Å². The molecule has 3 heterocycles. The van der Waals surface area contributed by atoms with E-state index in [1.165, 1.54) is 0 Å². The monoisotopic (exact) mass is 438 g/mol. The van der Waals surface area contributed by atoms with Gasteiger partial charge >= 0.3 is 0 Å². The van der Waals surface area contributed by atoms with E-state index < -0.39 is 0 Å². The van der Waals surface area contributed by atoms with Crippen LogP contribution < -0.4 is 5.56 Å². The summed E-state index contributed by atoms with van der Waals surface area (Å²) >= 11 is 0. The molecule has 7 heteroatoms. The van der Waals surface area contributed by atoms with Crippen molar-refractivity contribution in [3.05, 3.63) is 76.3 Å². The van der Waals surface area contributed by atoms with Gasteiger partial charge in [-0.3, -0.25) is 9.36 Å². The smallest absolute Gasteiger partial charge is 0.265 e. The number of hydrogen-bond acceptors (Lipinski definition) is 5. The highest BCUT2D eigenvalue weighted by Gasteiger charge is 2.19. The number of para-hydroxylation sites is 2. The fraction of sp³-hybridized carbons (Fsp3) is 0.269. The van der Waals surface area contributed by atoms with Crippen molar-refractivity contribution in [2.24, 2.45) is 5.10 Å². The summed E-state index contributed by atoms with van der Waals surface area (Å²) in [5, 5.41) is 5.14. The first-order valence-electron chi connectivity index (χ1n) is 11.4. The maximum absolute atomic E-state index is 13.5. The van der Waals surface area contributed by atoms with E-state index >= 15 is 0 Å². The minimum Gasteiger partial charge on any atom is -0.299 e. The zero-order chi connectivity index (χ0) is 22.8. The number of nitrogens with zero attached hydrogens (tertiary/aromatic N) is 6. The Morgan fingerprint density at radius 1 is 0.970 bits per heavy atom. The second kappa shape index (κ2) is 8.94. The van der Waals surface area contributed by atoms with Crippen LogP contribution in [0.5, 0.6) is 0 Å². The summed E-state index contributed by atoms with van der Waals surface area (Å²) in [6.45, 7) is 4.86. The Balaban J connectivity index is 1.71. The molecule has 0 fully saturated rings. The number of fused-ring (bicyclic) bond motifs is 4. The number of aromatic nitrogens is 5. The van der Waals surface area contributed by atoms with E-state index in [1.807, 2.05) is 49.4 Å². The molecule has 33 heavy (non-hydrogen) atoms. The lowest BCUT2D eigenvalue weighted by Gasteiger charge is -2.05. The Morgan fingerprint density at radius 3 is 2.58 bits per heavy atom. The highest BCUT2D eigenvalue weighted by atomic mass is 16.1. The van der Waals surface area contributed by atoms with Gasteiger partial charge in [-0.15, -0.1) is 0 Å². The van der Waals surface area contributed by atoms with E-state index in [0.717, 1.165) is 47.8 Å². The third kappa shape index (κ3) is 4.02. The minimum atomic E-state index is -0.101. The first kappa shape index (κ1) is 21.0. The Labute approximate surface area is 191 Å². The standard InChI is InChI=1S/C26H26N6O/c1-3-4-5-8-14-31-17-27-24-22(26(31)33)23-25(30-21-13-7-6-12-20(21)29-23)32(24)28-16-19-11-9-10-18(2)15-19/h6-7,9-13,15-17H,3-5,8,14H2,1-2H3. The summed E-state index contributed by atoms with van der Waals surface area (Å²) < 4.78 is 3.32. The van der Waals surface area contributed by atoms with Crippen LogP contribution in [0.15, 0.2) is 64.8 Å². The fourth-order valence-corrected chi connectivity index (χ4v) is 4.11. The Hall–Kier alpha value is -3.87. The van der Waals surface area contributed by atoms with Crippen molar-refractivity contribution in [2.45, 2.75) is 46.1 Å². The van der Waals surface area contributed by atoms with Crippen molar-refractivity contribution in [1.82, 2.24) is 24.2 Å². The molecule has 0 aliphatic heterocycles. The van der Waals surface area contributed by atoms with Crippen LogP contribution in [0, 0.1) is 6.92 Å². The van der Waals surface area contributed by atoms with Crippen LogP contribution in [0.2, 0.25) is 0 Å². The van der Waals surface area contributed by atoms with Crippen molar-refractivity contribution < 1.29 is 0 Å². The van der Waals surface area contributed by atoms with Crippen LogP contribution in [0.3, 0.4) is 0 Å². The van der Waals surface area contributed by atoms with E-state index in [4.69, 9.17) is 9.97 Å². The van der Waals surface area contributed by atoms with Crippen LogP contribution in [-0.2, 0) is 6.54 Å². The minimum absolute atomic E-state index is 0.101. The second-order valence-electron chi connectivity index (χ2n) is 8.36. The molecule has 166 valence electrons. The molecule has 0 N–H and O–H groups in total. The summed E-state index contributed by atoms with van der Waals surface area (Å²) in [6, 6.07) is 15.7. The first-order valence-corrected chi connectivity index (χ1v) is 11.4. The Bertz CT molecular complexity index is 1550. The molecule has 0 amide bonds. The highest BCUT2D eigenvalue weighted by molar-refractivity contribution is 6.04. The third-order valence-electron chi connectivity index (χ3n) is 5.82. The van der Waals surface area contributed by atoms with Crippen molar-refractivity contribution in [3.8, 4) is 0 Å². The maximum Gasteiger partial charge on any atom is 0.265 e. The summed E-state index contributed by atoms with van der Waals surface area (Å²) in [5.41, 5.74) is 5.03. The lowest BCUT2D eigenvalue weighted by molar-refractivity contribution is 0.567. The molecule has 0 bridgehead atoms. The van der Waals surface area contributed by atoms with Gasteiger partial charge in [-0.25, -0.2) is 15.0 Å². The molecule has 0 saturated heterocycles. The fourth-order valence-electron chi connectivity index (χ4n) is 4.11. The number of rotatable bonds is 7. The first-order chi connectivity index (χ1) is 16.2. The summed E-state index contributed by atoms with van der Waals surface area (Å²) in [6.07, 6.45) is 7.73. The Kier molecular flexibility index (Phi) is 5.69. The normalized spacial score (nSPS) is 11.9. The zero-order valence-corrected chi connectivity index (χ0v) is 18.9. The largest absolute Gasteiger partial charge is 0.299 e. The molecule has 0 aliphatic carbocycles. The van der Waals surface area contributed by atoms with E-state index in [9.17, 15) is 4.79 Å². The van der Waals surface area contributed by atoms with Crippen LogP contribution >= 0.6 is 0 Å². The van der Waals surface area contributed by atoms with Gasteiger partial charge in [0.25, 0.3) is 5.56 Å². The van der Waals surface area contributed by atoms with E-state index in [-0.39, 0.29) is 5.56 Å².